The summed E-state index contributed by atoms with van der Waals surface area (Å²) in [6.45, 7) is 0. The van der Waals surface area contributed by atoms with Gasteiger partial charge in [0.1, 0.15) is 5.75 Å². The fraction of sp³-hybridized carbons (Fsp3) is 0.538. The second kappa shape index (κ2) is 6.79. The van der Waals surface area contributed by atoms with Crippen molar-refractivity contribution in [1.82, 2.24) is 9.13 Å². The Labute approximate surface area is 107 Å². The van der Waals surface area contributed by atoms with Gasteiger partial charge < -0.3 is 13.9 Å². The van der Waals surface area contributed by atoms with E-state index in [4.69, 9.17) is 4.74 Å². The molecule has 17 heavy (non-hydrogen) atoms. The molecule has 0 aromatic heterocycles. The van der Waals surface area contributed by atoms with Gasteiger partial charge in [-0.15, -0.1) is 0 Å². The van der Waals surface area contributed by atoms with Crippen LogP contribution in [0.1, 0.15) is 5.56 Å². The van der Waals surface area contributed by atoms with Gasteiger partial charge in [-0.1, -0.05) is 12.1 Å². The highest BCUT2D eigenvalue weighted by Crippen LogP contribution is 2.14. The molecule has 1 aromatic carbocycles. The number of aryl methyl sites for hydroxylation is 1. The van der Waals surface area contributed by atoms with Crippen molar-refractivity contribution in [2.24, 2.45) is 0 Å². The molecule has 0 fully saturated rings. The number of benzene rings is 1. The number of hydrogen-bond donors (Lipinski definition) is 0. The summed E-state index contributed by atoms with van der Waals surface area (Å²) >= 11 is 0. The van der Waals surface area contributed by atoms with Crippen molar-refractivity contribution in [2.45, 2.75) is 12.5 Å². The Balaban J connectivity index is 2.53. The summed E-state index contributed by atoms with van der Waals surface area (Å²) in [6, 6.07) is 9.62. The van der Waals surface area contributed by atoms with E-state index >= 15 is 0 Å². The van der Waals surface area contributed by atoms with Crippen molar-refractivity contribution in [3.8, 4) is 5.75 Å². The molecule has 95 valence electrons. The summed E-state index contributed by atoms with van der Waals surface area (Å²) < 4.78 is 9.87. The molecular weight excluding hydrogens is 228 g/mol. The summed E-state index contributed by atoms with van der Waals surface area (Å²) in [4.78, 5) is 0. The largest absolute Gasteiger partial charge is 0.497 e. The van der Waals surface area contributed by atoms with Crippen LogP contribution in [-0.2, 0) is 6.42 Å². The minimum atomic E-state index is -0.556. The molecule has 0 spiro atoms. The lowest BCUT2D eigenvalue weighted by Crippen LogP contribution is -2.45. The number of hydrogen-bond acceptors (Lipinski definition) is 3. The molecule has 0 heterocycles. The Kier molecular flexibility index (Phi) is 5.68. The van der Waals surface area contributed by atoms with E-state index in [9.17, 15) is 0 Å². The molecule has 0 saturated heterocycles. The second-order valence-corrected chi connectivity index (χ2v) is 7.67. The van der Waals surface area contributed by atoms with Crippen LogP contribution >= 0.6 is 0 Å². The average molecular weight is 251 g/mol. The predicted octanol–water partition coefficient (Wildman–Crippen LogP) is 1.85. The lowest BCUT2D eigenvalue weighted by atomic mass is 10.2. The van der Waals surface area contributed by atoms with Crippen LogP contribution in [-0.4, -0.2) is 53.6 Å². The Morgan fingerprint density at radius 3 is 1.94 bits per heavy atom. The van der Waals surface area contributed by atoms with Crippen LogP contribution in [0.15, 0.2) is 24.3 Å². The summed E-state index contributed by atoms with van der Waals surface area (Å²) in [7, 11) is 9.82. The second-order valence-electron chi connectivity index (χ2n) is 4.55. The average Bonchev–Trinajstić information content (AvgIpc) is 2.29. The standard InChI is InChI=1S/C13H23N2OSi/c1-14(2)17(15(3)4)11-10-12-6-8-13(16-5)9-7-12/h6-9H,10-11H2,1-5H3. The zero-order valence-corrected chi connectivity index (χ0v) is 12.5. The maximum atomic E-state index is 5.16. The molecule has 0 saturated carbocycles. The van der Waals surface area contributed by atoms with E-state index in [1.807, 2.05) is 12.1 Å². The molecule has 1 rings (SSSR count). The molecule has 0 N–H and O–H groups in total. The third kappa shape index (κ3) is 4.50. The quantitative estimate of drug-likeness (QED) is 0.718. The fourth-order valence-electron chi connectivity index (χ4n) is 1.90. The first kappa shape index (κ1) is 14.2. The van der Waals surface area contributed by atoms with Gasteiger partial charge in [0.2, 0.25) is 9.12 Å². The van der Waals surface area contributed by atoms with Gasteiger partial charge in [-0.25, -0.2) is 0 Å². The van der Waals surface area contributed by atoms with Gasteiger partial charge >= 0.3 is 0 Å². The van der Waals surface area contributed by atoms with Crippen LogP contribution in [0.3, 0.4) is 0 Å². The minimum absolute atomic E-state index is 0.556. The van der Waals surface area contributed by atoms with Crippen molar-refractivity contribution in [2.75, 3.05) is 35.3 Å². The van der Waals surface area contributed by atoms with E-state index in [0.29, 0.717) is 0 Å². The van der Waals surface area contributed by atoms with Crippen molar-refractivity contribution in [3.05, 3.63) is 29.8 Å². The monoisotopic (exact) mass is 251 g/mol. The zero-order valence-electron chi connectivity index (χ0n) is 11.5. The van der Waals surface area contributed by atoms with Crippen molar-refractivity contribution in [3.63, 3.8) is 0 Å². The Morgan fingerprint density at radius 1 is 1.00 bits per heavy atom. The zero-order chi connectivity index (χ0) is 12.8. The van der Waals surface area contributed by atoms with Gasteiger partial charge in [0, 0.05) is 0 Å². The first-order valence-electron chi connectivity index (χ1n) is 5.88. The molecule has 0 amide bonds. The van der Waals surface area contributed by atoms with E-state index in [1.165, 1.54) is 11.6 Å². The van der Waals surface area contributed by atoms with E-state index in [0.717, 1.165) is 12.2 Å². The van der Waals surface area contributed by atoms with E-state index in [-0.39, 0.29) is 0 Å². The van der Waals surface area contributed by atoms with Gasteiger partial charge in [0.25, 0.3) is 0 Å². The van der Waals surface area contributed by atoms with Crippen LogP contribution in [0.2, 0.25) is 6.04 Å². The Bertz CT molecular complexity index is 317. The van der Waals surface area contributed by atoms with Crippen LogP contribution in [0.4, 0.5) is 0 Å². The highest BCUT2D eigenvalue weighted by molar-refractivity contribution is 6.52. The van der Waals surface area contributed by atoms with Crippen LogP contribution in [0.25, 0.3) is 0 Å². The molecule has 1 radical (unpaired) electrons. The highest BCUT2D eigenvalue weighted by atomic mass is 28.3. The fourth-order valence-corrected chi connectivity index (χ4v) is 4.10. The smallest absolute Gasteiger partial charge is 0.228 e. The molecule has 4 heteroatoms. The summed E-state index contributed by atoms with van der Waals surface area (Å²) in [5.74, 6) is 0.930. The normalized spacial score (nSPS) is 11.5. The number of nitrogens with zero attached hydrogens (tertiary/aromatic N) is 2. The summed E-state index contributed by atoms with van der Waals surface area (Å²) in [6.07, 6.45) is 1.13. The minimum Gasteiger partial charge on any atom is -0.497 e. The van der Waals surface area contributed by atoms with E-state index < -0.39 is 9.12 Å². The molecule has 0 aliphatic rings. The number of methoxy groups -OCH3 is 1. The molecule has 3 nitrogen and oxygen atoms in total. The summed E-state index contributed by atoms with van der Waals surface area (Å²) in [5.41, 5.74) is 1.39. The maximum Gasteiger partial charge on any atom is 0.228 e. The third-order valence-electron chi connectivity index (χ3n) is 2.83. The Morgan fingerprint density at radius 2 is 1.53 bits per heavy atom. The SMILES string of the molecule is COc1ccc(CC[Si](N(C)C)N(C)C)cc1. The number of ether oxygens (including phenoxy) is 1. The van der Waals surface area contributed by atoms with Crippen molar-refractivity contribution in [1.29, 1.82) is 0 Å². The van der Waals surface area contributed by atoms with Gasteiger partial charge in [-0.2, -0.15) is 0 Å². The van der Waals surface area contributed by atoms with Crippen molar-refractivity contribution < 1.29 is 4.74 Å². The molecule has 1 aromatic rings. The Hall–Kier alpha value is -0.843. The highest BCUT2D eigenvalue weighted by Gasteiger charge is 2.17. The lowest BCUT2D eigenvalue weighted by Gasteiger charge is -2.27. The predicted molar refractivity (Wildman–Crippen MR) is 74.6 cm³/mol. The van der Waals surface area contributed by atoms with Gasteiger partial charge in [0.05, 0.1) is 7.11 Å². The van der Waals surface area contributed by atoms with Crippen LogP contribution < -0.4 is 4.74 Å². The first-order chi connectivity index (χ1) is 8.04. The van der Waals surface area contributed by atoms with Gasteiger partial charge in [-0.05, 0) is 58.4 Å². The molecule has 0 bridgehead atoms. The summed E-state index contributed by atoms with van der Waals surface area (Å²) in [5, 5.41) is 0. The molecule has 0 aliphatic carbocycles. The topological polar surface area (TPSA) is 15.7 Å². The van der Waals surface area contributed by atoms with Gasteiger partial charge in [-0.3, -0.25) is 0 Å². The molecule has 0 atom stereocenters. The third-order valence-corrected chi connectivity index (χ3v) is 5.59. The lowest BCUT2D eigenvalue weighted by molar-refractivity contribution is 0.414. The van der Waals surface area contributed by atoms with E-state index in [1.54, 1.807) is 7.11 Å². The maximum absolute atomic E-state index is 5.16. The van der Waals surface area contributed by atoms with Crippen molar-refractivity contribution >= 4 is 9.12 Å². The molecule has 0 aliphatic heterocycles. The first-order valence-corrected chi connectivity index (χ1v) is 7.48. The van der Waals surface area contributed by atoms with Crippen LogP contribution in [0.5, 0.6) is 5.75 Å². The molecular formula is C13H23N2OSi. The molecule has 0 unspecified atom stereocenters. The number of rotatable bonds is 6. The van der Waals surface area contributed by atoms with Crippen LogP contribution in [0, 0.1) is 0 Å². The van der Waals surface area contributed by atoms with E-state index in [2.05, 4.69) is 49.5 Å². The van der Waals surface area contributed by atoms with Gasteiger partial charge in [0.15, 0.2) is 0 Å².